The summed E-state index contributed by atoms with van der Waals surface area (Å²) in [6.07, 6.45) is -4.46. The lowest BCUT2D eigenvalue weighted by molar-refractivity contribution is -0.137. The third-order valence-electron chi connectivity index (χ3n) is 1.71. The van der Waals surface area contributed by atoms with Gasteiger partial charge in [0.25, 0.3) is 0 Å². The van der Waals surface area contributed by atoms with Crippen molar-refractivity contribution in [1.29, 1.82) is 0 Å². The third kappa shape index (κ3) is 3.95. The van der Waals surface area contributed by atoms with Gasteiger partial charge in [-0.2, -0.15) is 13.2 Å². The maximum absolute atomic E-state index is 12.3. The molecule has 0 N–H and O–H groups in total. The first-order valence-corrected chi connectivity index (χ1v) is 7.15. The van der Waals surface area contributed by atoms with Crippen LogP contribution < -0.4 is 0 Å². The molecule has 16 heavy (non-hydrogen) atoms. The van der Waals surface area contributed by atoms with Crippen LogP contribution in [0.3, 0.4) is 0 Å². The highest BCUT2D eigenvalue weighted by Crippen LogP contribution is 2.32. The molecular weight excluding hydrogens is 333 g/mol. The molecule has 0 saturated carbocycles. The van der Waals surface area contributed by atoms with E-state index >= 15 is 0 Å². The van der Waals surface area contributed by atoms with E-state index in [0.29, 0.717) is 0 Å². The molecule has 90 valence electrons. The maximum atomic E-state index is 12.3. The molecule has 0 unspecified atom stereocenters. The molecule has 2 nitrogen and oxygen atoms in total. The molecule has 0 radical (unpaired) electrons. The predicted molar refractivity (Wildman–Crippen MR) is 57.6 cm³/mol. The fourth-order valence-electron chi connectivity index (χ4n) is 1.03. The van der Waals surface area contributed by atoms with Crippen molar-refractivity contribution >= 4 is 35.7 Å². The molecule has 1 rings (SSSR count). The summed E-state index contributed by atoms with van der Waals surface area (Å²) in [5.41, 5.74) is -0.668. The zero-order valence-electron chi connectivity index (χ0n) is 7.55. The van der Waals surface area contributed by atoms with Gasteiger partial charge in [0, 0.05) is 15.2 Å². The molecule has 0 aliphatic carbocycles. The van der Waals surface area contributed by atoms with Crippen molar-refractivity contribution in [3.05, 3.63) is 33.8 Å². The van der Waals surface area contributed by atoms with Crippen LogP contribution in [0.15, 0.2) is 22.7 Å². The van der Waals surface area contributed by atoms with Gasteiger partial charge in [-0.25, -0.2) is 8.42 Å². The molecule has 1 aromatic carbocycles. The van der Waals surface area contributed by atoms with Crippen LogP contribution in [0.25, 0.3) is 0 Å². The third-order valence-corrected chi connectivity index (χ3v) is 3.43. The molecule has 0 fully saturated rings. The van der Waals surface area contributed by atoms with Crippen LogP contribution in [0.2, 0.25) is 0 Å². The quantitative estimate of drug-likeness (QED) is 0.774. The second-order valence-electron chi connectivity index (χ2n) is 2.99. The zero-order chi connectivity index (χ0) is 12.6. The van der Waals surface area contributed by atoms with Crippen LogP contribution in [0.1, 0.15) is 11.1 Å². The predicted octanol–water partition coefficient (Wildman–Crippen LogP) is 3.54. The minimum Gasteiger partial charge on any atom is -0.212 e. The Kier molecular flexibility index (Phi) is 3.91. The number of rotatable bonds is 2. The van der Waals surface area contributed by atoms with Crippen LogP contribution in [-0.2, 0) is 21.0 Å². The smallest absolute Gasteiger partial charge is 0.212 e. The van der Waals surface area contributed by atoms with E-state index in [4.69, 9.17) is 10.7 Å². The first kappa shape index (κ1) is 13.8. The van der Waals surface area contributed by atoms with Crippen LogP contribution in [-0.4, -0.2) is 8.42 Å². The fraction of sp³-hybridized carbons (Fsp3) is 0.250. The number of benzene rings is 1. The molecule has 0 aromatic heterocycles. The Hall–Kier alpha value is -0.270. The summed E-state index contributed by atoms with van der Waals surface area (Å²) in [5, 5.41) is 0. The van der Waals surface area contributed by atoms with Gasteiger partial charge in [-0.15, -0.1) is 0 Å². The summed E-state index contributed by atoms with van der Waals surface area (Å²) in [4.78, 5) is 0. The molecule has 0 bridgehead atoms. The van der Waals surface area contributed by atoms with Crippen molar-refractivity contribution in [2.75, 3.05) is 0 Å². The minimum absolute atomic E-state index is 0.0616. The topological polar surface area (TPSA) is 34.1 Å². The normalized spacial score (nSPS) is 12.8. The summed E-state index contributed by atoms with van der Waals surface area (Å²) in [6.45, 7) is 0. The number of halogens is 5. The van der Waals surface area contributed by atoms with Gasteiger partial charge in [-0.3, -0.25) is 0 Å². The lowest BCUT2D eigenvalue weighted by atomic mass is 10.1. The highest BCUT2D eigenvalue weighted by atomic mass is 79.9. The van der Waals surface area contributed by atoms with Crippen LogP contribution in [0.4, 0.5) is 13.2 Å². The van der Waals surface area contributed by atoms with Gasteiger partial charge in [0.1, 0.15) is 0 Å². The van der Waals surface area contributed by atoms with Crippen molar-refractivity contribution in [3.63, 3.8) is 0 Å². The highest BCUT2D eigenvalue weighted by molar-refractivity contribution is 9.10. The average molecular weight is 338 g/mol. The van der Waals surface area contributed by atoms with Crippen LogP contribution in [0.5, 0.6) is 0 Å². The summed E-state index contributed by atoms with van der Waals surface area (Å²) in [7, 11) is 1.21. The lowest BCUT2D eigenvalue weighted by Crippen LogP contribution is -2.06. The van der Waals surface area contributed by atoms with E-state index in [1.807, 2.05) is 0 Å². The van der Waals surface area contributed by atoms with E-state index in [1.54, 1.807) is 0 Å². The Morgan fingerprint density at radius 2 is 1.88 bits per heavy atom. The largest absolute Gasteiger partial charge is 0.416 e. The lowest BCUT2D eigenvalue weighted by Gasteiger charge is -2.09. The van der Waals surface area contributed by atoms with Gasteiger partial charge in [0.2, 0.25) is 9.05 Å². The van der Waals surface area contributed by atoms with Gasteiger partial charge < -0.3 is 0 Å². The molecule has 0 amide bonds. The minimum atomic E-state index is -4.46. The van der Waals surface area contributed by atoms with Crippen molar-refractivity contribution in [1.82, 2.24) is 0 Å². The second kappa shape index (κ2) is 4.54. The van der Waals surface area contributed by atoms with E-state index in [1.165, 1.54) is 0 Å². The van der Waals surface area contributed by atoms with E-state index < -0.39 is 26.5 Å². The van der Waals surface area contributed by atoms with Crippen LogP contribution >= 0.6 is 26.6 Å². The number of alkyl halides is 3. The Balaban J connectivity index is 3.11. The molecular formula is C8H5BrClF3O2S. The highest BCUT2D eigenvalue weighted by Gasteiger charge is 2.30. The first-order chi connectivity index (χ1) is 7.09. The van der Waals surface area contributed by atoms with Crippen molar-refractivity contribution in [3.8, 4) is 0 Å². The van der Waals surface area contributed by atoms with E-state index in [2.05, 4.69) is 15.9 Å². The molecule has 0 aliphatic rings. The van der Waals surface area contributed by atoms with Gasteiger partial charge in [0.15, 0.2) is 0 Å². The molecule has 0 spiro atoms. The molecule has 0 aliphatic heterocycles. The van der Waals surface area contributed by atoms with Gasteiger partial charge in [0.05, 0.1) is 11.3 Å². The molecule has 0 atom stereocenters. The fourth-order valence-corrected chi connectivity index (χ4v) is 2.71. The molecule has 8 heteroatoms. The van der Waals surface area contributed by atoms with Crippen molar-refractivity contribution in [2.45, 2.75) is 11.9 Å². The number of hydrogen-bond donors (Lipinski definition) is 0. The van der Waals surface area contributed by atoms with Gasteiger partial charge >= 0.3 is 6.18 Å². The molecule has 0 saturated heterocycles. The summed E-state index contributed by atoms with van der Waals surface area (Å²) < 4.78 is 58.4. The summed E-state index contributed by atoms with van der Waals surface area (Å²) in [6, 6.07) is 2.70. The van der Waals surface area contributed by atoms with Crippen LogP contribution in [0, 0.1) is 0 Å². The van der Waals surface area contributed by atoms with E-state index in [-0.39, 0.29) is 10.0 Å². The molecule has 0 heterocycles. The summed E-state index contributed by atoms with van der Waals surface area (Å²) in [5.74, 6) is -0.521. The van der Waals surface area contributed by atoms with E-state index in [0.717, 1.165) is 18.2 Å². The molecule has 1 aromatic rings. The van der Waals surface area contributed by atoms with E-state index in [9.17, 15) is 21.6 Å². The van der Waals surface area contributed by atoms with Crippen molar-refractivity contribution < 1.29 is 21.6 Å². The Labute approximate surface area is 103 Å². The maximum Gasteiger partial charge on any atom is 0.416 e. The SMILES string of the molecule is O=S(=O)(Cl)Cc1ccc(C(F)(F)F)cc1Br. The second-order valence-corrected chi connectivity index (χ2v) is 6.62. The Morgan fingerprint density at radius 1 is 1.31 bits per heavy atom. The Morgan fingerprint density at radius 3 is 2.25 bits per heavy atom. The monoisotopic (exact) mass is 336 g/mol. The summed E-state index contributed by atoms with van der Waals surface area (Å²) >= 11 is 2.87. The zero-order valence-corrected chi connectivity index (χ0v) is 10.7. The van der Waals surface area contributed by atoms with Crippen molar-refractivity contribution in [2.24, 2.45) is 0 Å². The average Bonchev–Trinajstić information content (AvgIpc) is 2.04. The Bertz CT molecular complexity index is 498. The van der Waals surface area contributed by atoms with Gasteiger partial charge in [-0.1, -0.05) is 22.0 Å². The van der Waals surface area contributed by atoms with Gasteiger partial charge in [-0.05, 0) is 17.7 Å². The number of hydrogen-bond acceptors (Lipinski definition) is 2. The standard InChI is InChI=1S/C8H5BrClF3O2S/c9-7-3-6(8(11,12)13)2-1-5(7)4-16(10,14)15/h1-3H,4H2. The first-order valence-electron chi connectivity index (χ1n) is 3.87.